The van der Waals surface area contributed by atoms with Gasteiger partial charge in [-0.25, -0.2) is 0 Å². The molecule has 100 valence electrons. The van der Waals surface area contributed by atoms with Gasteiger partial charge in [0.25, 0.3) is 5.91 Å². The maximum atomic E-state index is 11.8. The SMILES string of the molecule is CNC(=O)c1c(N)sc(-c2ccc(OC)cc2)c1C. The third kappa shape index (κ3) is 2.42. The van der Waals surface area contributed by atoms with Gasteiger partial charge in [-0.2, -0.15) is 0 Å². The molecule has 0 fully saturated rings. The number of carbonyl (C=O) groups excluding carboxylic acids is 1. The van der Waals surface area contributed by atoms with E-state index < -0.39 is 0 Å². The molecule has 0 saturated carbocycles. The van der Waals surface area contributed by atoms with E-state index in [-0.39, 0.29) is 5.91 Å². The Morgan fingerprint density at radius 3 is 2.47 bits per heavy atom. The number of rotatable bonds is 3. The Morgan fingerprint density at radius 2 is 1.95 bits per heavy atom. The van der Waals surface area contributed by atoms with Gasteiger partial charge in [0.2, 0.25) is 0 Å². The topological polar surface area (TPSA) is 64.4 Å². The number of anilines is 1. The first kappa shape index (κ1) is 13.4. The Hall–Kier alpha value is -2.01. The largest absolute Gasteiger partial charge is 0.497 e. The van der Waals surface area contributed by atoms with Crippen LogP contribution in [0.5, 0.6) is 5.75 Å². The summed E-state index contributed by atoms with van der Waals surface area (Å²) in [5, 5.41) is 3.16. The van der Waals surface area contributed by atoms with Gasteiger partial charge in [0.05, 0.1) is 17.7 Å². The highest BCUT2D eigenvalue weighted by Gasteiger charge is 2.19. The van der Waals surface area contributed by atoms with Crippen LogP contribution in [0.3, 0.4) is 0 Å². The highest BCUT2D eigenvalue weighted by molar-refractivity contribution is 7.19. The van der Waals surface area contributed by atoms with Crippen molar-refractivity contribution in [3.8, 4) is 16.2 Å². The summed E-state index contributed by atoms with van der Waals surface area (Å²) < 4.78 is 5.13. The average molecular weight is 276 g/mol. The van der Waals surface area contributed by atoms with Crippen molar-refractivity contribution >= 4 is 22.2 Å². The quantitative estimate of drug-likeness (QED) is 0.906. The highest BCUT2D eigenvalue weighted by atomic mass is 32.1. The molecule has 0 aliphatic carbocycles. The molecule has 0 bridgehead atoms. The molecule has 0 saturated heterocycles. The molecular weight excluding hydrogens is 260 g/mol. The Bertz CT molecular complexity index is 603. The van der Waals surface area contributed by atoms with Crippen molar-refractivity contribution in [2.45, 2.75) is 6.92 Å². The lowest BCUT2D eigenvalue weighted by Gasteiger charge is -2.03. The Kier molecular flexibility index (Phi) is 3.76. The maximum absolute atomic E-state index is 11.8. The molecule has 1 heterocycles. The Morgan fingerprint density at radius 1 is 1.32 bits per heavy atom. The lowest BCUT2D eigenvalue weighted by Crippen LogP contribution is -2.19. The van der Waals surface area contributed by atoms with Crippen molar-refractivity contribution in [3.63, 3.8) is 0 Å². The summed E-state index contributed by atoms with van der Waals surface area (Å²) in [6.45, 7) is 1.91. The minimum atomic E-state index is -0.147. The predicted octanol–water partition coefficient (Wildman–Crippen LogP) is 2.67. The first-order valence-corrected chi connectivity index (χ1v) is 6.65. The molecule has 1 aromatic carbocycles. The summed E-state index contributed by atoms with van der Waals surface area (Å²) in [7, 11) is 3.24. The second-order valence-electron chi connectivity index (χ2n) is 4.10. The second-order valence-corrected chi connectivity index (χ2v) is 5.16. The monoisotopic (exact) mass is 276 g/mol. The zero-order valence-corrected chi connectivity index (χ0v) is 11.9. The van der Waals surface area contributed by atoms with Crippen molar-refractivity contribution in [2.75, 3.05) is 19.9 Å². The molecule has 5 heteroatoms. The Labute approximate surface area is 116 Å². The van der Waals surface area contributed by atoms with Crippen LogP contribution in [0.2, 0.25) is 0 Å². The van der Waals surface area contributed by atoms with E-state index >= 15 is 0 Å². The number of hydrogen-bond donors (Lipinski definition) is 2. The molecule has 1 aromatic heterocycles. The number of nitrogen functional groups attached to an aromatic ring is 1. The molecule has 2 rings (SSSR count). The van der Waals surface area contributed by atoms with E-state index in [0.29, 0.717) is 10.6 Å². The van der Waals surface area contributed by atoms with Crippen LogP contribution in [-0.4, -0.2) is 20.1 Å². The molecule has 0 atom stereocenters. The van der Waals surface area contributed by atoms with Gasteiger partial charge in [-0.05, 0) is 42.3 Å². The molecule has 4 nitrogen and oxygen atoms in total. The Balaban J connectivity index is 2.48. The molecule has 19 heavy (non-hydrogen) atoms. The number of carbonyl (C=O) groups is 1. The van der Waals surface area contributed by atoms with Gasteiger partial charge in [0, 0.05) is 11.9 Å². The molecule has 1 amide bonds. The van der Waals surface area contributed by atoms with Gasteiger partial charge in [-0.15, -0.1) is 11.3 Å². The third-order valence-electron chi connectivity index (χ3n) is 2.98. The first-order valence-electron chi connectivity index (χ1n) is 5.83. The van der Waals surface area contributed by atoms with E-state index in [1.54, 1.807) is 14.2 Å². The van der Waals surface area contributed by atoms with Crippen LogP contribution in [0.4, 0.5) is 5.00 Å². The minimum absolute atomic E-state index is 0.147. The van der Waals surface area contributed by atoms with Gasteiger partial charge in [0.15, 0.2) is 0 Å². The van der Waals surface area contributed by atoms with Gasteiger partial charge in [-0.1, -0.05) is 0 Å². The fourth-order valence-corrected chi connectivity index (χ4v) is 3.04. The average Bonchev–Trinajstić information content (AvgIpc) is 2.73. The van der Waals surface area contributed by atoms with Gasteiger partial charge < -0.3 is 15.8 Å². The van der Waals surface area contributed by atoms with E-state index in [1.165, 1.54) is 11.3 Å². The highest BCUT2D eigenvalue weighted by Crippen LogP contribution is 2.38. The van der Waals surface area contributed by atoms with Crippen molar-refractivity contribution in [2.24, 2.45) is 0 Å². The number of thiophene rings is 1. The molecular formula is C14H16N2O2S. The van der Waals surface area contributed by atoms with E-state index in [0.717, 1.165) is 21.8 Å². The normalized spacial score (nSPS) is 10.3. The zero-order chi connectivity index (χ0) is 14.0. The van der Waals surface area contributed by atoms with Crippen LogP contribution in [-0.2, 0) is 0 Å². The van der Waals surface area contributed by atoms with Gasteiger partial charge in [-0.3, -0.25) is 4.79 Å². The number of amides is 1. The third-order valence-corrected chi connectivity index (χ3v) is 4.15. The molecule has 0 radical (unpaired) electrons. The number of benzene rings is 1. The predicted molar refractivity (Wildman–Crippen MR) is 78.8 cm³/mol. The standard InChI is InChI=1S/C14H16N2O2S/c1-8-11(14(17)16-2)13(15)19-12(8)9-4-6-10(18-3)7-5-9/h4-7H,15H2,1-3H3,(H,16,17). The first-order chi connectivity index (χ1) is 9.08. The van der Waals surface area contributed by atoms with Crippen LogP contribution in [0, 0.1) is 6.92 Å². The van der Waals surface area contributed by atoms with E-state index in [2.05, 4.69) is 5.32 Å². The van der Waals surface area contributed by atoms with Crippen molar-refractivity contribution in [3.05, 3.63) is 35.4 Å². The van der Waals surface area contributed by atoms with Crippen LogP contribution >= 0.6 is 11.3 Å². The molecule has 0 spiro atoms. The van der Waals surface area contributed by atoms with E-state index in [4.69, 9.17) is 10.5 Å². The van der Waals surface area contributed by atoms with Gasteiger partial charge >= 0.3 is 0 Å². The van der Waals surface area contributed by atoms with Crippen LogP contribution in [0.25, 0.3) is 10.4 Å². The molecule has 2 aromatic rings. The number of nitrogens with two attached hydrogens (primary N) is 1. The number of hydrogen-bond acceptors (Lipinski definition) is 4. The summed E-state index contributed by atoms with van der Waals surface area (Å²) in [6.07, 6.45) is 0. The minimum Gasteiger partial charge on any atom is -0.497 e. The van der Waals surface area contributed by atoms with E-state index in [1.807, 2.05) is 31.2 Å². The van der Waals surface area contributed by atoms with Crippen LogP contribution in [0.15, 0.2) is 24.3 Å². The van der Waals surface area contributed by atoms with Crippen molar-refractivity contribution < 1.29 is 9.53 Å². The molecule has 0 aliphatic heterocycles. The molecule has 0 aliphatic rings. The number of ether oxygens (including phenoxy) is 1. The van der Waals surface area contributed by atoms with E-state index in [9.17, 15) is 4.79 Å². The maximum Gasteiger partial charge on any atom is 0.254 e. The summed E-state index contributed by atoms with van der Waals surface area (Å²) >= 11 is 1.43. The van der Waals surface area contributed by atoms with Crippen LogP contribution < -0.4 is 15.8 Å². The van der Waals surface area contributed by atoms with Crippen LogP contribution in [0.1, 0.15) is 15.9 Å². The zero-order valence-electron chi connectivity index (χ0n) is 11.1. The second kappa shape index (κ2) is 5.32. The van der Waals surface area contributed by atoms with Crippen molar-refractivity contribution in [1.82, 2.24) is 5.32 Å². The van der Waals surface area contributed by atoms with Crippen molar-refractivity contribution in [1.29, 1.82) is 0 Å². The van der Waals surface area contributed by atoms with Gasteiger partial charge in [0.1, 0.15) is 5.75 Å². The summed E-state index contributed by atoms with van der Waals surface area (Å²) in [5.41, 5.74) is 8.45. The molecule has 0 unspecified atom stereocenters. The number of methoxy groups -OCH3 is 1. The summed E-state index contributed by atoms with van der Waals surface area (Å²) in [4.78, 5) is 12.8. The smallest absolute Gasteiger partial charge is 0.254 e. The number of nitrogens with one attached hydrogen (secondary N) is 1. The fourth-order valence-electron chi connectivity index (χ4n) is 1.96. The lowest BCUT2D eigenvalue weighted by molar-refractivity contribution is 0.0964. The fraction of sp³-hybridized carbons (Fsp3) is 0.214. The summed E-state index contributed by atoms with van der Waals surface area (Å²) in [6, 6.07) is 7.71. The lowest BCUT2D eigenvalue weighted by atomic mass is 10.1. The molecule has 3 N–H and O–H groups in total. The summed E-state index contributed by atoms with van der Waals surface area (Å²) in [5.74, 6) is 0.656.